The summed E-state index contributed by atoms with van der Waals surface area (Å²) in [5, 5.41) is 3.82. The molecule has 0 spiro atoms. The van der Waals surface area contributed by atoms with E-state index in [1.165, 1.54) is 0 Å². The highest BCUT2D eigenvalue weighted by Crippen LogP contribution is 2.30. The van der Waals surface area contributed by atoms with E-state index < -0.39 is 0 Å². The van der Waals surface area contributed by atoms with Gasteiger partial charge in [0.1, 0.15) is 0 Å². The molecular formula is C7H10ClNOP2. The van der Waals surface area contributed by atoms with Gasteiger partial charge < -0.3 is 5.09 Å². The Labute approximate surface area is 80.8 Å². The second-order valence-corrected chi connectivity index (χ2v) is 4.38. The molecule has 0 fully saturated rings. The van der Waals surface area contributed by atoms with Gasteiger partial charge in [0.05, 0.1) is 0 Å². The first-order valence-corrected chi connectivity index (χ1v) is 6.65. The van der Waals surface area contributed by atoms with Crippen LogP contribution < -0.4 is 5.09 Å². The van der Waals surface area contributed by atoms with Crippen LogP contribution in [-0.2, 0) is 4.79 Å². The van der Waals surface area contributed by atoms with Gasteiger partial charge in [-0.3, -0.25) is 4.79 Å². The fourth-order valence-electron chi connectivity index (χ4n) is 1.06. The molecule has 0 saturated heterocycles. The van der Waals surface area contributed by atoms with E-state index in [0.717, 1.165) is 16.3 Å². The van der Waals surface area contributed by atoms with Gasteiger partial charge in [0.2, 0.25) is 0 Å². The van der Waals surface area contributed by atoms with E-state index in [1.54, 1.807) is 6.92 Å². The molecule has 12 heavy (non-hydrogen) atoms. The summed E-state index contributed by atoms with van der Waals surface area (Å²) >= 11 is 5.80. The van der Waals surface area contributed by atoms with E-state index in [9.17, 15) is 4.79 Å². The number of Topliss-reactive ketones (excluding diaryl/α,β-unsaturated/α-hetero) is 1. The lowest BCUT2D eigenvalue weighted by Crippen LogP contribution is -2.04. The number of carbonyl (C=O) groups excluding carboxylic acids is 1. The minimum Gasteiger partial charge on any atom is -0.363 e. The van der Waals surface area contributed by atoms with Crippen molar-refractivity contribution in [2.45, 2.75) is 13.3 Å². The Morgan fingerprint density at radius 3 is 3.00 bits per heavy atom. The van der Waals surface area contributed by atoms with Crippen LogP contribution in [0.2, 0.25) is 0 Å². The summed E-state index contributed by atoms with van der Waals surface area (Å²) in [6.45, 7) is 1.56. The Balaban J connectivity index is 2.83. The second-order valence-electron chi connectivity index (χ2n) is 2.49. The number of halogens is 1. The van der Waals surface area contributed by atoms with Gasteiger partial charge >= 0.3 is 0 Å². The van der Waals surface area contributed by atoms with E-state index in [2.05, 4.69) is 14.0 Å². The molecule has 0 aromatic heterocycles. The largest absolute Gasteiger partial charge is 0.363 e. The topological polar surface area (TPSA) is 29.1 Å². The number of ketones is 1. The number of allylic oxidation sites excluding steroid dienone is 3. The lowest BCUT2D eigenvalue weighted by Gasteiger charge is -2.03. The van der Waals surface area contributed by atoms with Crippen molar-refractivity contribution in [3.63, 3.8) is 0 Å². The van der Waals surface area contributed by atoms with Crippen molar-refractivity contribution < 1.29 is 4.79 Å². The van der Waals surface area contributed by atoms with Gasteiger partial charge in [-0.05, 0) is 21.4 Å². The van der Waals surface area contributed by atoms with Crippen LogP contribution in [0.4, 0.5) is 0 Å². The quantitative estimate of drug-likeness (QED) is 0.741. The number of nitrogens with one attached hydrogen (secondary N) is 1. The molecule has 2 unspecified atom stereocenters. The van der Waals surface area contributed by atoms with Crippen LogP contribution in [0.5, 0.6) is 0 Å². The van der Waals surface area contributed by atoms with Gasteiger partial charge in [-0.25, -0.2) is 0 Å². The SMILES string of the molecule is CC(=O)C1=C(NPP)C=C(Cl)C1. The summed E-state index contributed by atoms with van der Waals surface area (Å²) < 4.78 is 0. The molecule has 1 rings (SSSR count). The number of hydrogen-bond donors (Lipinski definition) is 1. The summed E-state index contributed by atoms with van der Waals surface area (Å²) in [5.74, 6) is 0.0904. The van der Waals surface area contributed by atoms with Crippen molar-refractivity contribution >= 4 is 34.7 Å². The molecule has 1 aliphatic rings. The maximum Gasteiger partial charge on any atom is 0.158 e. The molecule has 0 aliphatic heterocycles. The third kappa shape index (κ3) is 2.29. The fourth-order valence-corrected chi connectivity index (χ4v) is 2.15. The fraction of sp³-hybridized carbons (Fsp3) is 0.286. The summed E-state index contributed by atoms with van der Waals surface area (Å²) in [6, 6.07) is 0. The first-order valence-electron chi connectivity index (χ1n) is 3.47. The molecule has 2 nitrogen and oxygen atoms in total. The molecule has 0 heterocycles. The average molecular weight is 222 g/mol. The number of rotatable bonds is 3. The molecule has 1 aliphatic carbocycles. The summed E-state index contributed by atoms with van der Waals surface area (Å²) in [6.07, 6.45) is 2.39. The van der Waals surface area contributed by atoms with Crippen molar-refractivity contribution in [2.75, 3.05) is 0 Å². The lowest BCUT2D eigenvalue weighted by atomic mass is 10.1. The van der Waals surface area contributed by atoms with Crippen molar-refractivity contribution in [1.82, 2.24) is 5.09 Å². The highest BCUT2D eigenvalue weighted by molar-refractivity contribution is 8.01. The molecule has 0 radical (unpaired) electrons. The molecule has 66 valence electrons. The normalized spacial score (nSPS) is 17.4. The van der Waals surface area contributed by atoms with E-state index in [4.69, 9.17) is 11.6 Å². The number of hydrogen-bond acceptors (Lipinski definition) is 2. The zero-order valence-corrected chi connectivity index (χ0v) is 9.56. The monoisotopic (exact) mass is 221 g/mol. The van der Waals surface area contributed by atoms with Crippen molar-refractivity contribution in [1.29, 1.82) is 0 Å². The maximum absolute atomic E-state index is 11.1. The zero-order valence-electron chi connectivity index (χ0n) is 6.65. The Morgan fingerprint density at radius 1 is 1.83 bits per heavy atom. The summed E-state index contributed by atoms with van der Waals surface area (Å²) in [5.41, 5.74) is 1.66. The molecular weight excluding hydrogens is 211 g/mol. The molecule has 1 N–H and O–H groups in total. The second kappa shape index (κ2) is 4.37. The van der Waals surface area contributed by atoms with Gasteiger partial charge in [0, 0.05) is 22.7 Å². The van der Waals surface area contributed by atoms with Crippen molar-refractivity contribution in [3.05, 3.63) is 22.4 Å². The highest BCUT2D eigenvalue weighted by Gasteiger charge is 2.17. The van der Waals surface area contributed by atoms with Crippen LogP contribution in [-0.4, -0.2) is 5.78 Å². The number of carbonyl (C=O) groups is 1. The molecule has 0 aromatic carbocycles. The van der Waals surface area contributed by atoms with Gasteiger partial charge in [0.15, 0.2) is 5.78 Å². The van der Waals surface area contributed by atoms with Gasteiger partial charge in [-0.15, -0.1) is 0 Å². The molecule has 0 bridgehead atoms. The zero-order chi connectivity index (χ0) is 9.14. The third-order valence-corrected chi connectivity index (χ3v) is 2.69. The van der Waals surface area contributed by atoms with Crippen LogP contribution in [0.15, 0.2) is 22.4 Å². The molecule has 0 amide bonds. The highest BCUT2D eigenvalue weighted by atomic mass is 35.5. The van der Waals surface area contributed by atoms with Crippen LogP contribution >= 0.6 is 28.9 Å². The minimum absolute atomic E-state index is 0.0904. The predicted molar refractivity (Wildman–Crippen MR) is 57.4 cm³/mol. The van der Waals surface area contributed by atoms with Gasteiger partial charge in [0.25, 0.3) is 0 Å². The lowest BCUT2D eigenvalue weighted by molar-refractivity contribution is -0.113. The average Bonchev–Trinajstić information content (AvgIpc) is 2.32. The van der Waals surface area contributed by atoms with Gasteiger partial charge in [-0.1, -0.05) is 20.5 Å². The molecule has 0 aromatic rings. The predicted octanol–water partition coefficient (Wildman–Crippen LogP) is 2.33. The van der Waals surface area contributed by atoms with Crippen LogP contribution in [0.3, 0.4) is 0 Å². The van der Waals surface area contributed by atoms with Crippen LogP contribution in [0, 0.1) is 0 Å². The van der Waals surface area contributed by atoms with Crippen LogP contribution in [0.25, 0.3) is 0 Å². The summed E-state index contributed by atoms with van der Waals surface area (Å²) in [4.78, 5) is 11.1. The van der Waals surface area contributed by atoms with E-state index in [-0.39, 0.29) is 5.78 Å². The first-order chi connectivity index (χ1) is 5.65. The van der Waals surface area contributed by atoms with Crippen molar-refractivity contribution in [3.8, 4) is 0 Å². The van der Waals surface area contributed by atoms with E-state index in [0.29, 0.717) is 14.8 Å². The molecule has 2 atom stereocenters. The standard InChI is InChI=1S/C7H10ClNOP2/c1-4(10)6-2-5(8)3-7(6)9-12-11/h3,9,12H,2,11H2,1H3. The Kier molecular flexibility index (Phi) is 3.71. The summed E-state index contributed by atoms with van der Waals surface area (Å²) in [7, 11) is 3.08. The maximum atomic E-state index is 11.1. The Morgan fingerprint density at radius 2 is 2.50 bits per heavy atom. The van der Waals surface area contributed by atoms with E-state index >= 15 is 0 Å². The molecule has 0 saturated carbocycles. The minimum atomic E-state index is 0.0904. The van der Waals surface area contributed by atoms with Gasteiger partial charge in [-0.2, -0.15) is 0 Å². The van der Waals surface area contributed by atoms with Crippen LogP contribution in [0.1, 0.15) is 13.3 Å². The smallest absolute Gasteiger partial charge is 0.158 e. The Hall–Kier alpha value is 0.1000. The van der Waals surface area contributed by atoms with Crippen molar-refractivity contribution in [2.24, 2.45) is 0 Å². The molecule has 5 heteroatoms. The first kappa shape index (κ1) is 10.2. The third-order valence-electron chi connectivity index (χ3n) is 1.60. The Bertz CT molecular complexity index is 273. The van der Waals surface area contributed by atoms with E-state index in [1.807, 2.05) is 6.08 Å².